The third-order valence-corrected chi connectivity index (χ3v) is 4.40. The molecule has 2 aromatic carbocycles. The summed E-state index contributed by atoms with van der Waals surface area (Å²) < 4.78 is 18.0. The molecule has 0 aliphatic carbocycles. The fourth-order valence-electron chi connectivity index (χ4n) is 2.19. The number of esters is 1. The predicted molar refractivity (Wildman–Crippen MR) is 92.8 cm³/mol. The Hall–Kier alpha value is -3.20. The van der Waals surface area contributed by atoms with Gasteiger partial charge in [0.2, 0.25) is 0 Å². The average Bonchev–Trinajstić information content (AvgIpc) is 2.56. The fourth-order valence-corrected chi connectivity index (χ4v) is 3.12. The number of ether oxygens (including phenoxy) is 1. The minimum Gasteiger partial charge on any atom is -0.422 e. The summed E-state index contributed by atoms with van der Waals surface area (Å²) in [5.41, 5.74) is 1.09. The number of thioether (sulfide) groups is 1. The van der Waals surface area contributed by atoms with Gasteiger partial charge in [-0.15, -0.1) is 0 Å². The molecule has 0 atom stereocenters. The molecule has 0 radical (unpaired) electrons. The molecule has 0 spiro atoms. The average molecular weight is 374 g/mol. The van der Waals surface area contributed by atoms with Crippen molar-refractivity contribution in [2.45, 2.75) is 4.90 Å². The van der Waals surface area contributed by atoms with Crippen LogP contribution in [0.1, 0.15) is 5.56 Å². The maximum Gasteiger partial charge on any atom is 0.383 e. The molecular formula is C17H11FN2O5S. The first-order valence-corrected chi connectivity index (χ1v) is 8.15. The molecule has 0 bridgehead atoms. The number of rotatable bonds is 4. The highest BCUT2D eigenvalue weighted by molar-refractivity contribution is 8.04. The summed E-state index contributed by atoms with van der Waals surface area (Å²) in [5, 5.41) is 12.9. The van der Waals surface area contributed by atoms with E-state index < -0.39 is 23.3 Å². The quantitative estimate of drug-likeness (QED) is 0.290. The maximum absolute atomic E-state index is 13.2. The first kappa shape index (κ1) is 17.6. The molecule has 9 heteroatoms. The molecule has 0 saturated carbocycles. The molecule has 26 heavy (non-hydrogen) atoms. The molecule has 1 N–H and O–H groups in total. The van der Waals surface area contributed by atoms with E-state index in [4.69, 9.17) is 4.74 Å². The fraction of sp³-hybridized carbons (Fsp3) is 0.0588. The Balaban J connectivity index is 1.73. The number of carbonyl (C=O) groups is 2. The number of fused-ring (bicyclic) bond motifs is 1. The Morgan fingerprint density at radius 1 is 1.27 bits per heavy atom. The van der Waals surface area contributed by atoms with E-state index in [1.807, 2.05) is 0 Å². The van der Waals surface area contributed by atoms with Crippen molar-refractivity contribution in [3.63, 3.8) is 0 Å². The summed E-state index contributed by atoms with van der Waals surface area (Å²) in [6.45, 7) is -0.914. The molecule has 1 amide bonds. The molecule has 1 heterocycles. The molecule has 132 valence electrons. The highest BCUT2D eigenvalue weighted by Crippen LogP contribution is 2.39. The Bertz CT molecular complexity index is 927. The lowest BCUT2D eigenvalue weighted by atomic mass is 10.2. The molecule has 0 unspecified atom stereocenters. The van der Waals surface area contributed by atoms with Crippen LogP contribution in [0, 0.1) is 15.9 Å². The molecule has 2 aromatic rings. The molecular weight excluding hydrogens is 363 g/mol. The first-order valence-electron chi connectivity index (χ1n) is 7.34. The van der Waals surface area contributed by atoms with Crippen LogP contribution in [0.5, 0.6) is 5.75 Å². The number of nitrogens with one attached hydrogen (secondary N) is 1. The standard InChI is InChI=1S/C17H11FN2O5S/c18-11-3-6-14-13(8-11)19-17(22)15(26-14)7-10-1-4-12(5-2-10)25-16(21)9-20(23)24/h1-8H,9H2,(H,19,22)/b15-7-. The summed E-state index contributed by atoms with van der Waals surface area (Å²) >= 11 is 1.21. The summed E-state index contributed by atoms with van der Waals surface area (Å²) in [6, 6.07) is 10.3. The van der Waals surface area contributed by atoms with Crippen LogP contribution in [0.15, 0.2) is 52.3 Å². The van der Waals surface area contributed by atoms with Crippen LogP contribution in [-0.2, 0) is 9.59 Å². The smallest absolute Gasteiger partial charge is 0.383 e. The van der Waals surface area contributed by atoms with Gasteiger partial charge in [0.15, 0.2) is 0 Å². The van der Waals surface area contributed by atoms with Crippen molar-refractivity contribution >= 4 is 35.4 Å². The van der Waals surface area contributed by atoms with Crippen molar-refractivity contribution in [1.82, 2.24) is 0 Å². The topological polar surface area (TPSA) is 98.5 Å². The number of hydrogen-bond donors (Lipinski definition) is 1. The minimum absolute atomic E-state index is 0.167. The van der Waals surface area contributed by atoms with Crippen LogP contribution in [0.2, 0.25) is 0 Å². The second kappa shape index (κ2) is 7.36. The zero-order valence-electron chi connectivity index (χ0n) is 13.1. The molecule has 1 aliphatic heterocycles. The number of carbonyl (C=O) groups excluding carboxylic acids is 2. The monoisotopic (exact) mass is 374 g/mol. The van der Waals surface area contributed by atoms with E-state index in [1.165, 1.54) is 36.0 Å². The summed E-state index contributed by atoms with van der Waals surface area (Å²) in [5.74, 6) is -1.58. The molecule has 0 fully saturated rings. The number of nitro groups is 1. The van der Waals surface area contributed by atoms with Gasteiger partial charge in [-0.2, -0.15) is 0 Å². The van der Waals surface area contributed by atoms with Crippen molar-refractivity contribution in [1.29, 1.82) is 0 Å². The summed E-state index contributed by atoms with van der Waals surface area (Å²) in [7, 11) is 0. The van der Waals surface area contributed by atoms with Crippen molar-refractivity contribution in [2.24, 2.45) is 0 Å². The number of benzene rings is 2. The van der Waals surface area contributed by atoms with Gasteiger partial charge in [0.05, 0.1) is 10.6 Å². The normalized spacial score (nSPS) is 14.5. The molecule has 3 rings (SSSR count). The van der Waals surface area contributed by atoms with Crippen LogP contribution in [0.25, 0.3) is 6.08 Å². The Morgan fingerprint density at radius 3 is 2.69 bits per heavy atom. The van der Waals surface area contributed by atoms with Gasteiger partial charge in [0, 0.05) is 9.82 Å². The van der Waals surface area contributed by atoms with Crippen LogP contribution in [-0.4, -0.2) is 23.3 Å². The van der Waals surface area contributed by atoms with Crippen molar-refractivity contribution in [3.05, 3.63) is 68.9 Å². The second-order valence-corrected chi connectivity index (χ2v) is 6.32. The zero-order valence-corrected chi connectivity index (χ0v) is 13.9. The van der Waals surface area contributed by atoms with Gasteiger partial charge in [-0.25, -0.2) is 9.18 Å². The Morgan fingerprint density at radius 2 is 2.00 bits per heavy atom. The van der Waals surface area contributed by atoms with E-state index in [9.17, 15) is 24.1 Å². The molecule has 0 aromatic heterocycles. The predicted octanol–water partition coefficient (Wildman–Crippen LogP) is 3.09. The minimum atomic E-state index is -0.966. The lowest BCUT2D eigenvalue weighted by molar-refractivity contribution is -0.469. The highest BCUT2D eigenvalue weighted by Gasteiger charge is 2.21. The number of halogens is 1. The van der Waals surface area contributed by atoms with Crippen LogP contribution in [0.3, 0.4) is 0 Å². The van der Waals surface area contributed by atoms with Gasteiger partial charge in [-0.1, -0.05) is 23.9 Å². The van der Waals surface area contributed by atoms with E-state index in [-0.39, 0.29) is 11.7 Å². The molecule has 0 saturated heterocycles. The van der Waals surface area contributed by atoms with Crippen LogP contribution < -0.4 is 10.1 Å². The molecule has 1 aliphatic rings. The van der Waals surface area contributed by atoms with Gasteiger partial charge in [-0.05, 0) is 42.0 Å². The molecule has 7 nitrogen and oxygen atoms in total. The van der Waals surface area contributed by atoms with Gasteiger partial charge in [0.1, 0.15) is 11.6 Å². The van der Waals surface area contributed by atoms with Crippen LogP contribution in [0.4, 0.5) is 10.1 Å². The lowest BCUT2D eigenvalue weighted by Gasteiger charge is -2.18. The van der Waals surface area contributed by atoms with Crippen LogP contribution >= 0.6 is 11.8 Å². The number of hydrogen-bond acceptors (Lipinski definition) is 6. The van der Waals surface area contributed by atoms with Crippen molar-refractivity contribution in [3.8, 4) is 5.75 Å². The van der Waals surface area contributed by atoms with Gasteiger partial charge in [-0.3, -0.25) is 14.9 Å². The lowest BCUT2D eigenvalue weighted by Crippen LogP contribution is -2.19. The van der Waals surface area contributed by atoms with Gasteiger partial charge < -0.3 is 10.1 Å². The highest BCUT2D eigenvalue weighted by atomic mass is 32.2. The van der Waals surface area contributed by atoms with E-state index in [0.717, 1.165) is 4.90 Å². The van der Waals surface area contributed by atoms with E-state index in [1.54, 1.807) is 24.3 Å². The van der Waals surface area contributed by atoms with E-state index in [2.05, 4.69) is 5.32 Å². The van der Waals surface area contributed by atoms with Gasteiger partial charge >= 0.3 is 5.97 Å². The number of anilines is 1. The maximum atomic E-state index is 13.2. The number of nitrogens with zero attached hydrogens (tertiary/aromatic N) is 1. The van der Waals surface area contributed by atoms with Crippen molar-refractivity contribution < 1.29 is 23.6 Å². The SMILES string of the molecule is O=C(C[N+](=O)[O-])Oc1ccc(/C=C2\Sc3ccc(F)cc3NC2=O)cc1. The Labute approximate surface area is 151 Å². The summed E-state index contributed by atoms with van der Waals surface area (Å²) in [4.78, 5) is 34.0. The largest absolute Gasteiger partial charge is 0.422 e. The van der Waals surface area contributed by atoms with Crippen molar-refractivity contribution in [2.75, 3.05) is 11.9 Å². The summed E-state index contributed by atoms with van der Waals surface area (Å²) in [6.07, 6.45) is 1.63. The second-order valence-electron chi connectivity index (χ2n) is 5.24. The zero-order chi connectivity index (χ0) is 18.7. The van der Waals surface area contributed by atoms with E-state index in [0.29, 0.717) is 16.2 Å². The third-order valence-electron chi connectivity index (χ3n) is 3.30. The Kier molecular flexibility index (Phi) is 4.99. The third kappa shape index (κ3) is 4.25. The number of amides is 1. The first-order chi connectivity index (χ1) is 12.4. The van der Waals surface area contributed by atoms with Gasteiger partial charge in [0.25, 0.3) is 12.5 Å². The van der Waals surface area contributed by atoms with E-state index >= 15 is 0 Å².